The summed E-state index contributed by atoms with van der Waals surface area (Å²) >= 11 is 0. The molecule has 6 N–H and O–H groups in total. The Labute approximate surface area is 167 Å². The van der Waals surface area contributed by atoms with Crippen LogP contribution in [0.25, 0.3) is 10.9 Å². The van der Waals surface area contributed by atoms with Gasteiger partial charge in [0.2, 0.25) is 0 Å². The minimum Gasteiger partial charge on any atom is -0.494 e. The molecule has 1 aromatic heterocycles. The third-order valence-corrected chi connectivity index (χ3v) is 4.74. The number of aromatic hydroxyl groups is 1. The van der Waals surface area contributed by atoms with Gasteiger partial charge >= 0.3 is 0 Å². The fraction of sp³-hybridized carbons (Fsp3) is 0.0435. The van der Waals surface area contributed by atoms with Crippen LogP contribution in [0.4, 0.5) is 11.4 Å². The van der Waals surface area contributed by atoms with E-state index in [-0.39, 0.29) is 11.7 Å². The van der Waals surface area contributed by atoms with Crippen LogP contribution in [-0.4, -0.2) is 22.1 Å². The molecule has 0 aliphatic heterocycles. The SMILES string of the molecule is NCc1ccc(N=Cc2c(O)[nH]c3cc(C(=O)c4cccc(N)c4)ccc23)cc1. The topological polar surface area (TPSA) is 117 Å². The Hall–Kier alpha value is -3.90. The largest absolute Gasteiger partial charge is 0.494 e. The summed E-state index contributed by atoms with van der Waals surface area (Å²) in [7, 11) is 0. The number of hydrogen-bond donors (Lipinski definition) is 4. The molecule has 144 valence electrons. The van der Waals surface area contributed by atoms with Crippen LogP contribution in [0.3, 0.4) is 0 Å². The maximum atomic E-state index is 12.7. The van der Waals surface area contributed by atoms with Gasteiger partial charge in [0.05, 0.1) is 11.3 Å². The van der Waals surface area contributed by atoms with E-state index in [1.807, 2.05) is 24.3 Å². The maximum Gasteiger partial charge on any atom is 0.198 e. The van der Waals surface area contributed by atoms with Crippen molar-refractivity contribution in [1.82, 2.24) is 4.98 Å². The number of nitrogen functional groups attached to an aromatic ring is 1. The van der Waals surface area contributed by atoms with Crippen LogP contribution >= 0.6 is 0 Å². The summed E-state index contributed by atoms with van der Waals surface area (Å²) in [5.41, 5.74) is 15.9. The van der Waals surface area contributed by atoms with Crippen molar-refractivity contribution >= 4 is 34.3 Å². The van der Waals surface area contributed by atoms with Crippen molar-refractivity contribution in [2.45, 2.75) is 6.54 Å². The van der Waals surface area contributed by atoms with Crippen molar-refractivity contribution in [1.29, 1.82) is 0 Å². The van der Waals surface area contributed by atoms with Gasteiger partial charge in [-0.05, 0) is 35.9 Å². The number of carbonyl (C=O) groups excluding carboxylic acids is 1. The molecule has 0 spiro atoms. The summed E-state index contributed by atoms with van der Waals surface area (Å²) in [6.07, 6.45) is 1.60. The Morgan fingerprint density at radius 1 is 1.03 bits per heavy atom. The molecule has 0 saturated carbocycles. The molecule has 0 unspecified atom stereocenters. The van der Waals surface area contributed by atoms with Crippen molar-refractivity contribution in [3.8, 4) is 5.88 Å². The van der Waals surface area contributed by atoms with Crippen LogP contribution < -0.4 is 11.5 Å². The molecule has 0 radical (unpaired) electrons. The van der Waals surface area contributed by atoms with E-state index in [0.717, 1.165) is 16.6 Å². The molecule has 0 bridgehead atoms. The van der Waals surface area contributed by atoms with Crippen LogP contribution in [0.1, 0.15) is 27.0 Å². The van der Waals surface area contributed by atoms with Gasteiger partial charge in [-0.15, -0.1) is 0 Å². The van der Waals surface area contributed by atoms with E-state index in [2.05, 4.69) is 9.98 Å². The molecule has 29 heavy (non-hydrogen) atoms. The normalized spacial score (nSPS) is 11.3. The van der Waals surface area contributed by atoms with Crippen molar-refractivity contribution in [3.63, 3.8) is 0 Å². The van der Waals surface area contributed by atoms with Gasteiger partial charge in [-0.3, -0.25) is 9.79 Å². The van der Waals surface area contributed by atoms with Crippen molar-refractivity contribution in [3.05, 3.63) is 89.0 Å². The summed E-state index contributed by atoms with van der Waals surface area (Å²) in [4.78, 5) is 20.1. The molecule has 0 amide bonds. The minimum absolute atomic E-state index is 0.00381. The number of ketones is 1. The van der Waals surface area contributed by atoms with Crippen molar-refractivity contribution < 1.29 is 9.90 Å². The number of carbonyl (C=O) groups is 1. The van der Waals surface area contributed by atoms with Crippen LogP contribution in [0, 0.1) is 0 Å². The van der Waals surface area contributed by atoms with E-state index in [1.54, 1.807) is 48.7 Å². The fourth-order valence-electron chi connectivity index (χ4n) is 3.18. The standard InChI is InChI=1S/C23H20N4O2/c24-12-14-4-7-18(8-5-14)26-13-20-19-9-6-16(11-21(19)27-23(20)29)22(28)15-2-1-3-17(25)10-15/h1-11,13,27,29H,12,24-25H2. The number of nitrogens with two attached hydrogens (primary N) is 2. The first-order chi connectivity index (χ1) is 14.0. The number of nitrogens with zero attached hydrogens (tertiary/aromatic N) is 1. The monoisotopic (exact) mass is 384 g/mol. The number of nitrogens with one attached hydrogen (secondary N) is 1. The number of rotatable bonds is 5. The molecule has 0 saturated heterocycles. The van der Waals surface area contributed by atoms with Gasteiger partial charge in [-0.25, -0.2) is 0 Å². The molecule has 6 heteroatoms. The number of aromatic amines is 1. The lowest BCUT2D eigenvalue weighted by Crippen LogP contribution is -2.01. The second kappa shape index (κ2) is 7.61. The molecule has 3 aromatic carbocycles. The summed E-state index contributed by atoms with van der Waals surface area (Å²) in [6, 6.07) is 19.7. The predicted octanol–water partition coefficient (Wildman–Crippen LogP) is 3.90. The Kier molecular flexibility index (Phi) is 4.85. The second-order valence-corrected chi connectivity index (χ2v) is 6.73. The smallest absolute Gasteiger partial charge is 0.198 e. The molecule has 1 heterocycles. The molecule has 0 aliphatic rings. The van der Waals surface area contributed by atoms with E-state index in [9.17, 15) is 9.90 Å². The van der Waals surface area contributed by atoms with Gasteiger partial charge < -0.3 is 21.6 Å². The number of fused-ring (bicyclic) bond motifs is 1. The molecular weight excluding hydrogens is 364 g/mol. The van der Waals surface area contributed by atoms with E-state index in [4.69, 9.17) is 11.5 Å². The molecule has 4 rings (SSSR count). The number of H-pyrrole nitrogens is 1. The second-order valence-electron chi connectivity index (χ2n) is 6.73. The molecule has 0 fully saturated rings. The van der Waals surface area contributed by atoms with Gasteiger partial charge in [-0.1, -0.05) is 36.4 Å². The van der Waals surface area contributed by atoms with E-state index >= 15 is 0 Å². The molecular formula is C23H20N4O2. The highest BCUT2D eigenvalue weighted by molar-refractivity contribution is 6.12. The lowest BCUT2D eigenvalue weighted by atomic mass is 10.0. The number of benzene rings is 3. The van der Waals surface area contributed by atoms with E-state index < -0.39 is 0 Å². The Morgan fingerprint density at radius 2 is 1.79 bits per heavy atom. The molecule has 0 atom stereocenters. The molecule has 6 nitrogen and oxygen atoms in total. The number of hydrogen-bond acceptors (Lipinski definition) is 5. The quantitative estimate of drug-likeness (QED) is 0.237. The van der Waals surface area contributed by atoms with Gasteiger partial charge in [0.25, 0.3) is 0 Å². The summed E-state index contributed by atoms with van der Waals surface area (Å²) in [6.45, 7) is 0.476. The van der Waals surface area contributed by atoms with E-state index in [1.165, 1.54) is 0 Å². The van der Waals surface area contributed by atoms with Crippen molar-refractivity contribution in [2.24, 2.45) is 10.7 Å². The van der Waals surface area contributed by atoms with Gasteiger partial charge in [-0.2, -0.15) is 0 Å². The predicted molar refractivity (Wildman–Crippen MR) is 116 cm³/mol. The zero-order valence-corrected chi connectivity index (χ0v) is 15.6. The fourth-order valence-corrected chi connectivity index (χ4v) is 3.18. The maximum absolute atomic E-state index is 12.7. The van der Waals surface area contributed by atoms with Crippen LogP contribution in [0.2, 0.25) is 0 Å². The van der Waals surface area contributed by atoms with Crippen LogP contribution in [-0.2, 0) is 6.54 Å². The Morgan fingerprint density at radius 3 is 2.52 bits per heavy atom. The van der Waals surface area contributed by atoms with Crippen molar-refractivity contribution in [2.75, 3.05) is 5.73 Å². The average Bonchev–Trinajstić information content (AvgIpc) is 3.06. The third kappa shape index (κ3) is 3.74. The number of anilines is 1. The zero-order valence-electron chi connectivity index (χ0n) is 15.6. The first kappa shape index (κ1) is 18.5. The lowest BCUT2D eigenvalue weighted by molar-refractivity contribution is 0.103. The first-order valence-electron chi connectivity index (χ1n) is 9.13. The molecule has 0 aliphatic carbocycles. The highest BCUT2D eigenvalue weighted by Crippen LogP contribution is 2.28. The third-order valence-electron chi connectivity index (χ3n) is 4.74. The van der Waals surface area contributed by atoms with Gasteiger partial charge in [0.15, 0.2) is 11.7 Å². The Balaban J connectivity index is 1.66. The summed E-state index contributed by atoms with van der Waals surface area (Å²) in [5.74, 6) is -0.139. The number of aromatic nitrogens is 1. The summed E-state index contributed by atoms with van der Waals surface area (Å²) < 4.78 is 0. The highest BCUT2D eigenvalue weighted by Gasteiger charge is 2.14. The Bertz CT molecular complexity index is 1220. The first-order valence-corrected chi connectivity index (χ1v) is 9.13. The van der Waals surface area contributed by atoms with Crippen LogP contribution in [0.5, 0.6) is 5.88 Å². The van der Waals surface area contributed by atoms with E-state index in [0.29, 0.717) is 34.4 Å². The van der Waals surface area contributed by atoms with Crippen LogP contribution in [0.15, 0.2) is 71.7 Å². The minimum atomic E-state index is -0.136. The van der Waals surface area contributed by atoms with Gasteiger partial charge in [0.1, 0.15) is 0 Å². The lowest BCUT2D eigenvalue weighted by Gasteiger charge is -2.03. The molecule has 4 aromatic rings. The zero-order chi connectivity index (χ0) is 20.4. The highest BCUT2D eigenvalue weighted by atomic mass is 16.3. The average molecular weight is 384 g/mol. The number of aliphatic imine (C=N–C) groups is 1. The summed E-state index contributed by atoms with van der Waals surface area (Å²) in [5, 5.41) is 11.1. The van der Waals surface area contributed by atoms with Gasteiger partial charge in [0, 0.05) is 40.5 Å².